The maximum Gasteiger partial charge on any atom is 0.187 e. The van der Waals surface area contributed by atoms with Crippen molar-refractivity contribution in [3.63, 3.8) is 0 Å². The van der Waals surface area contributed by atoms with E-state index in [9.17, 15) is 4.79 Å². The van der Waals surface area contributed by atoms with Gasteiger partial charge in [0.25, 0.3) is 0 Å². The fourth-order valence-electron chi connectivity index (χ4n) is 2.32. The van der Waals surface area contributed by atoms with Crippen molar-refractivity contribution in [1.29, 1.82) is 0 Å². The molecule has 2 aliphatic heterocycles. The summed E-state index contributed by atoms with van der Waals surface area (Å²) >= 11 is 0. The molecule has 0 unspecified atom stereocenters. The fraction of sp³-hybridized carbons (Fsp3) is 0.400. The third-order valence-electron chi connectivity index (χ3n) is 3.32. The van der Waals surface area contributed by atoms with E-state index in [4.69, 9.17) is 14.2 Å². The summed E-state index contributed by atoms with van der Waals surface area (Å²) in [7, 11) is 0. The SMILES string of the molecule is CC1=CC(=O)[C@@H]2O[C@H]1O[C@H]2COCc1ccccc1. The molecule has 0 radical (unpaired) electrons. The van der Waals surface area contributed by atoms with Crippen LogP contribution in [0.5, 0.6) is 0 Å². The molecule has 19 heavy (non-hydrogen) atoms. The molecule has 1 fully saturated rings. The third kappa shape index (κ3) is 2.61. The maximum atomic E-state index is 11.8. The van der Waals surface area contributed by atoms with Crippen LogP contribution in [0.3, 0.4) is 0 Å². The van der Waals surface area contributed by atoms with Gasteiger partial charge in [-0.2, -0.15) is 0 Å². The molecule has 0 N–H and O–H groups in total. The van der Waals surface area contributed by atoms with Gasteiger partial charge in [-0.3, -0.25) is 4.79 Å². The molecular formula is C15H16O4. The summed E-state index contributed by atoms with van der Waals surface area (Å²) in [5.74, 6) is -0.0282. The van der Waals surface area contributed by atoms with Gasteiger partial charge in [0, 0.05) is 0 Å². The summed E-state index contributed by atoms with van der Waals surface area (Å²) in [6.07, 6.45) is 0.406. The van der Waals surface area contributed by atoms with Crippen molar-refractivity contribution in [2.24, 2.45) is 0 Å². The fourth-order valence-corrected chi connectivity index (χ4v) is 2.32. The molecule has 2 aliphatic rings. The van der Waals surface area contributed by atoms with Crippen molar-refractivity contribution in [3.8, 4) is 0 Å². The summed E-state index contributed by atoms with van der Waals surface area (Å²) in [4.78, 5) is 11.8. The lowest BCUT2D eigenvalue weighted by atomic mass is 10.1. The first kappa shape index (κ1) is 12.5. The highest BCUT2D eigenvalue weighted by atomic mass is 16.7. The lowest BCUT2D eigenvalue weighted by Crippen LogP contribution is -2.34. The van der Waals surface area contributed by atoms with Crippen molar-refractivity contribution >= 4 is 5.78 Å². The van der Waals surface area contributed by atoms with Crippen LogP contribution in [-0.2, 0) is 25.6 Å². The van der Waals surface area contributed by atoms with Gasteiger partial charge in [0.15, 0.2) is 18.2 Å². The van der Waals surface area contributed by atoms with Crippen LogP contribution in [0.25, 0.3) is 0 Å². The number of hydrogen-bond acceptors (Lipinski definition) is 4. The average Bonchev–Trinajstić information content (AvgIpc) is 2.79. The largest absolute Gasteiger partial charge is 0.374 e. The van der Waals surface area contributed by atoms with Crippen LogP contribution < -0.4 is 0 Å². The predicted octanol–water partition coefficient (Wildman–Crippen LogP) is 1.84. The molecule has 2 bridgehead atoms. The molecule has 3 atom stereocenters. The summed E-state index contributed by atoms with van der Waals surface area (Å²) in [5.41, 5.74) is 1.93. The molecule has 0 saturated carbocycles. The Kier molecular flexibility index (Phi) is 3.46. The van der Waals surface area contributed by atoms with Gasteiger partial charge in [0.1, 0.15) is 6.10 Å². The van der Waals surface area contributed by atoms with Gasteiger partial charge in [0.2, 0.25) is 0 Å². The van der Waals surface area contributed by atoms with Crippen molar-refractivity contribution < 1.29 is 19.0 Å². The number of carbonyl (C=O) groups is 1. The molecule has 1 saturated heterocycles. The third-order valence-corrected chi connectivity index (χ3v) is 3.32. The lowest BCUT2D eigenvalue weighted by molar-refractivity contribution is -0.127. The van der Waals surface area contributed by atoms with E-state index >= 15 is 0 Å². The van der Waals surface area contributed by atoms with E-state index in [-0.39, 0.29) is 18.2 Å². The molecule has 1 aromatic rings. The molecule has 3 rings (SSSR count). The zero-order chi connectivity index (χ0) is 13.2. The van der Waals surface area contributed by atoms with Crippen LogP contribution >= 0.6 is 0 Å². The van der Waals surface area contributed by atoms with Crippen molar-refractivity contribution in [2.45, 2.75) is 32.0 Å². The van der Waals surface area contributed by atoms with E-state index in [2.05, 4.69) is 0 Å². The first-order valence-corrected chi connectivity index (χ1v) is 6.38. The van der Waals surface area contributed by atoms with Gasteiger partial charge in [-0.05, 0) is 24.1 Å². The topological polar surface area (TPSA) is 44.8 Å². The molecule has 2 heterocycles. The Balaban J connectivity index is 1.54. The monoisotopic (exact) mass is 260 g/mol. The molecule has 4 nitrogen and oxygen atoms in total. The highest BCUT2D eigenvalue weighted by Crippen LogP contribution is 2.29. The Morgan fingerprint density at radius 1 is 1.21 bits per heavy atom. The Morgan fingerprint density at radius 2 is 2.00 bits per heavy atom. The normalized spacial score (nSPS) is 29.4. The van der Waals surface area contributed by atoms with Gasteiger partial charge in [-0.15, -0.1) is 0 Å². The van der Waals surface area contributed by atoms with E-state index in [0.717, 1.165) is 11.1 Å². The zero-order valence-corrected chi connectivity index (χ0v) is 10.7. The Hall–Kier alpha value is -1.49. The second-order valence-corrected chi connectivity index (χ2v) is 4.85. The van der Waals surface area contributed by atoms with E-state index in [1.165, 1.54) is 0 Å². The summed E-state index contributed by atoms with van der Waals surface area (Å²) < 4.78 is 16.8. The van der Waals surface area contributed by atoms with Gasteiger partial charge in [-0.25, -0.2) is 0 Å². The van der Waals surface area contributed by atoms with E-state index < -0.39 is 6.10 Å². The minimum Gasteiger partial charge on any atom is -0.374 e. The van der Waals surface area contributed by atoms with Crippen LogP contribution in [0.1, 0.15) is 12.5 Å². The van der Waals surface area contributed by atoms with Crippen LogP contribution in [0, 0.1) is 0 Å². The number of ketones is 1. The van der Waals surface area contributed by atoms with Gasteiger partial charge < -0.3 is 14.2 Å². The lowest BCUT2D eigenvalue weighted by Gasteiger charge is -2.16. The molecule has 1 aromatic carbocycles. The molecule has 4 heteroatoms. The number of fused-ring (bicyclic) bond motifs is 2. The second-order valence-electron chi connectivity index (χ2n) is 4.85. The van der Waals surface area contributed by atoms with Crippen LogP contribution in [0.2, 0.25) is 0 Å². The van der Waals surface area contributed by atoms with Gasteiger partial charge >= 0.3 is 0 Å². The van der Waals surface area contributed by atoms with Gasteiger partial charge in [0.05, 0.1) is 13.2 Å². The molecule has 0 aliphatic carbocycles. The van der Waals surface area contributed by atoms with Gasteiger partial charge in [-0.1, -0.05) is 30.3 Å². The Labute approximate surface area is 112 Å². The molecular weight excluding hydrogens is 244 g/mol. The summed E-state index contributed by atoms with van der Waals surface area (Å²) in [5, 5.41) is 0. The second kappa shape index (κ2) is 5.25. The first-order valence-electron chi connectivity index (χ1n) is 6.38. The summed E-state index contributed by atoms with van der Waals surface area (Å²) in [6.45, 7) is 2.72. The number of carbonyl (C=O) groups excluding carboxylic acids is 1. The van der Waals surface area contributed by atoms with Crippen LogP contribution in [-0.4, -0.2) is 30.9 Å². The minimum absolute atomic E-state index is 0.0282. The van der Waals surface area contributed by atoms with Crippen molar-refractivity contribution in [3.05, 3.63) is 47.5 Å². The van der Waals surface area contributed by atoms with Crippen molar-refractivity contribution in [1.82, 2.24) is 0 Å². The number of hydrogen-bond donors (Lipinski definition) is 0. The van der Waals surface area contributed by atoms with E-state index in [1.54, 1.807) is 6.08 Å². The quantitative estimate of drug-likeness (QED) is 0.828. The Morgan fingerprint density at radius 3 is 2.79 bits per heavy atom. The number of rotatable bonds is 4. The number of ether oxygens (including phenoxy) is 3. The van der Waals surface area contributed by atoms with E-state index in [1.807, 2.05) is 37.3 Å². The molecule has 0 amide bonds. The first-order chi connectivity index (χ1) is 9.24. The average molecular weight is 260 g/mol. The molecule has 0 spiro atoms. The Bertz CT molecular complexity index is 494. The van der Waals surface area contributed by atoms with Crippen LogP contribution in [0.4, 0.5) is 0 Å². The highest BCUT2D eigenvalue weighted by molar-refractivity contribution is 5.95. The molecule has 0 aromatic heterocycles. The summed E-state index contributed by atoms with van der Waals surface area (Å²) in [6, 6.07) is 9.91. The molecule has 100 valence electrons. The predicted molar refractivity (Wildman–Crippen MR) is 68.4 cm³/mol. The number of benzene rings is 1. The smallest absolute Gasteiger partial charge is 0.187 e. The van der Waals surface area contributed by atoms with Crippen molar-refractivity contribution in [2.75, 3.05) is 6.61 Å². The maximum absolute atomic E-state index is 11.8. The minimum atomic E-state index is -0.510. The zero-order valence-electron chi connectivity index (χ0n) is 10.7. The van der Waals surface area contributed by atoms with Crippen LogP contribution in [0.15, 0.2) is 42.0 Å². The highest BCUT2D eigenvalue weighted by Gasteiger charge is 2.44. The standard InChI is InChI=1S/C15H16O4/c1-10-7-12(16)14-13(18-15(10)19-14)9-17-8-11-5-3-2-4-6-11/h2-7,13-15H,8-9H2,1H3/t13-,14-,15+/m0/s1. The van der Waals surface area contributed by atoms with E-state index in [0.29, 0.717) is 13.2 Å².